The fourth-order valence-electron chi connectivity index (χ4n) is 4.54. The molecule has 4 rings (SSSR count). The van der Waals surface area contributed by atoms with E-state index in [0.717, 1.165) is 81.2 Å². The van der Waals surface area contributed by atoms with Crippen molar-refractivity contribution in [1.29, 1.82) is 0 Å². The number of hydrogen-bond acceptors (Lipinski definition) is 7. The van der Waals surface area contributed by atoms with Gasteiger partial charge in [-0.05, 0) is 64.0 Å². The molecule has 0 radical (unpaired) electrons. The molecule has 1 aliphatic carbocycles. The Labute approximate surface area is 209 Å². The molecular weight excluding hydrogens is 472 g/mol. The molecular formula is C25H33F2N5O2S. The number of nitrogens with zero attached hydrogens (tertiary/aromatic N) is 4. The molecule has 0 spiro atoms. The molecule has 2 aliphatic rings. The third-order valence-corrected chi connectivity index (χ3v) is 7.58. The van der Waals surface area contributed by atoms with Gasteiger partial charge in [-0.3, -0.25) is 9.69 Å². The number of carbonyl (C=O) groups is 1. The Morgan fingerprint density at radius 2 is 2.03 bits per heavy atom. The van der Waals surface area contributed by atoms with Crippen molar-refractivity contribution in [2.45, 2.75) is 70.9 Å². The van der Waals surface area contributed by atoms with E-state index < -0.39 is 12.5 Å². The van der Waals surface area contributed by atoms with Crippen LogP contribution < -0.4 is 10.1 Å². The maximum Gasteiger partial charge on any atom is 0.278 e. The zero-order chi connectivity index (χ0) is 24.8. The van der Waals surface area contributed by atoms with Gasteiger partial charge in [0.1, 0.15) is 5.82 Å². The summed E-state index contributed by atoms with van der Waals surface area (Å²) in [7, 11) is 0. The van der Waals surface area contributed by atoms with Crippen LogP contribution >= 0.6 is 11.3 Å². The van der Waals surface area contributed by atoms with E-state index in [1.54, 1.807) is 24.5 Å². The third kappa shape index (κ3) is 8.03. The van der Waals surface area contributed by atoms with Crippen LogP contribution in [0.25, 0.3) is 6.08 Å². The molecule has 1 amide bonds. The summed E-state index contributed by atoms with van der Waals surface area (Å²) in [5, 5.41) is 3.46. The summed E-state index contributed by atoms with van der Waals surface area (Å²) >= 11 is 1.39. The minimum Gasteiger partial charge on any atom is -0.464 e. The van der Waals surface area contributed by atoms with Crippen molar-refractivity contribution >= 4 is 23.3 Å². The lowest BCUT2D eigenvalue weighted by Crippen LogP contribution is -2.37. The lowest BCUT2D eigenvalue weighted by Gasteiger charge is -2.31. The highest BCUT2D eigenvalue weighted by atomic mass is 32.1. The van der Waals surface area contributed by atoms with Crippen LogP contribution in [-0.4, -0.2) is 57.4 Å². The molecule has 1 saturated carbocycles. The first-order valence-electron chi connectivity index (χ1n) is 12.2. The third-order valence-electron chi connectivity index (χ3n) is 6.51. The predicted molar refractivity (Wildman–Crippen MR) is 132 cm³/mol. The maximum atomic E-state index is 13.0. The monoisotopic (exact) mass is 505 g/mol. The number of ether oxygens (including phenoxy) is 1. The van der Waals surface area contributed by atoms with Gasteiger partial charge in [0.05, 0.1) is 5.69 Å². The van der Waals surface area contributed by atoms with Crippen LogP contribution in [-0.2, 0) is 17.8 Å². The molecule has 7 nitrogen and oxygen atoms in total. The number of amides is 1. The van der Waals surface area contributed by atoms with Crippen molar-refractivity contribution < 1.29 is 18.3 Å². The van der Waals surface area contributed by atoms with E-state index >= 15 is 0 Å². The average molecular weight is 506 g/mol. The minimum atomic E-state index is -2.85. The number of aromatic nitrogens is 3. The molecule has 190 valence electrons. The van der Waals surface area contributed by atoms with Gasteiger partial charge >= 0.3 is 0 Å². The Hall–Kier alpha value is -2.46. The number of nitrogens with one attached hydrogen (secondary N) is 1. The average Bonchev–Trinajstić information content (AvgIpc) is 3.24. The second-order valence-electron chi connectivity index (χ2n) is 9.65. The highest BCUT2D eigenvalue weighted by Gasteiger charge is 2.27. The highest BCUT2D eigenvalue weighted by Crippen LogP contribution is 2.32. The van der Waals surface area contributed by atoms with E-state index in [2.05, 4.69) is 25.2 Å². The number of halogens is 2. The molecule has 35 heavy (non-hydrogen) atoms. The Kier molecular flexibility index (Phi) is 8.43. The first-order chi connectivity index (χ1) is 16.7. The van der Waals surface area contributed by atoms with Crippen molar-refractivity contribution in [2.24, 2.45) is 5.92 Å². The Bertz CT molecular complexity index is 1010. The van der Waals surface area contributed by atoms with Gasteiger partial charge in [0.2, 0.25) is 5.91 Å². The van der Waals surface area contributed by atoms with Crippen LogP contribution in [0.5, 0.6) is 5.19 Å². The zero-order valence-corrected chi connectivity index (χ0v) is 21.1. The van der Waals surface area contributed by atoms with E-state index in [1.165, 1.54) is 11.3 Å². The minimum absolute atomic E-state index is 0.0765. The molecule has 2 aromatic heterocycles. The smallest absolute Gasteiger partial charge is 0.278 e. The number of rotatable bonds is 9. The largest absolute Gasteiger partial charge is 0.464 e. The lowest BCUT2D eigenvalue weighted by atomic mass is 9.84. The van der Waals surface area contributed by atoms with Crippen LogP contribution in [0, 0.1) is 12.8 Å². The molecule has 0 atom stereocenters. The second kappa shape index (κ2) is 11.5. The Morgan fingerprint density at radius 1 is 1.29 bits per heavy atom. The molecule has 1 fully saturated rings. The van der Waals surface area contributed by atoms with E-state index in [-0.39, 0.29) is 11.9 Å². The van der Waals surface area contributed by atoms with E-state index in [1.807, 2.05) is 6.92 Å². The van der Waals surface area contributed by atoms with Gasteiger partial charge in [-0.25, -0.2) is 23.7 Å². The van der Waals surface area contributed by atoms with Gasteiger partial charge in [0.15, 0.2) is 6.61 Å². The highest BCUT2D eigenvalue weighted by molar-refractivity contribution is 7.13. The van der Waals surface area contributed by atoms with Crippen molar-refractivity contribution in [1.82, 2.24) is 25.2 Å². The van der Waals surface area contributed by atoms with Crippen LogP contribution in [0.1, 0.15) is 61.0 Å². The Morgan fingerprint density at radius 3 is 2.74 bits per heavy atom. The number of carbonyl (C=O) groups excluding carboxylic acids is 1. The van der Waals surface area contributed by atoms with E-state index in [0.29, 0.717) is 16.9 Å². The molecule has 0 unspecified atom stereocenters. The second-order valence-corrected chi connectivity index (χ2v) is 10.7. The SMILES string of the molecule is Cc1ncc(/C=C/C(=O)N[C@H]2CC[C@H](CCN3CCc4sc(OCC(C)(F)F)nc4C3)CC2)cn1. The summed E-state index contributed by atoms with van der Waals surface area (Å²) in [4.78, 5) is 28.5. The van der Waals surface area contributed by atoms with Crippen molar-refractivity contribution in [3.05, 3.63) is 40.4 Å². The predicted octanol–water partition coefficient (Wildman–Crippen LogP) is 4.41. The molecule has 1 N–H and O–H groups in total. The molecule has 1 aliphatic heterocycles. The quantitative estimate of drug-likeness (QED) is 0.509. The van der Waals surface area contributed by atoms with Crippen LogP contribution in [0.15, 0.2) is 18.5 Å². The fourth-order valence-corrected chi connectivity index (χ4v) is 5.45. The zero-order valence-electron chi connectivity index (χ0n) is 20.3. The number of hydrogen-bond donors (Lipinski definition) is 1. The van der Waals surface area contributed by atoms with Crippen molar-refractivity contribution in [2.75, 3.05) is 19.7 Å². The van der Waals surface area contributed by atoms with Crippen molar-refractivity contribution in [3.63, 3.8) is 0 Å². The lowest BCUT2D eigenvalue weighted by molar-refractivity contribution is -0.117. The normalized spacial score (nSPS) is 21.1. The van der Waals surface area contributed by atoms with Gasteiger partial charge in [-0.15, -0.1) is 0 Å². The molecule has 10 heteroatoms. The molecule has 2 aromatic rings. The summed E-state index contributed by atoms with van der Waals surface area (Å²) in [6, 6.07) is 0.221. The van der Waals surface area contributed by atoms with Gasteiger partial charge in [0, 0.05) is 55.0 Å². The van der Waals surface area contributed by atoms with E-state index in [9.17, 15) is 13.6 Å². The molecule has 3 heterocycles. The number of alkyl halides is 2. The summed E-state index contributed by atoms with van der Waals surface area (Å²) < 4.78 is 31.3. The van der Waals surface area contributed by atoms with Gasteiger partial charge in [0.25, 0.3) is 11.1 Å². The standard InChI is InChI=1S/C25H33F2N5O2S/c1-17-28-13-19(14-29-17)5-8-23(33)30-20-6-3-18(4-7-20)9-11-32-12-10-22-21(15-32)31-24(35-22)34-16-25(2,26)27/h5,8,13-14,18,20H,3-4,6-7,9-12,15-16H2,1-2H3,(H,30,33)/b8-5+/t18-,20-. The number of aryl methyl sites for hydroxylation is 1. The van der Waals surface area contributed by atoms with Gasteiger partial charge < -0.3 is 10.1 Å². The fraction of sp³-hybridized carbons (Fsp3) is 0.600. The van der Waals surface area contributed by atoms with E-state index in [4.69, 9.17) is 4.74 Å². The summed E-state index contributed by atoms with van der Waals surface area (Å²) in [6.07, 6.45) is 12.9. The molecule has 0 saturated heterocycles. The summed E-state index contributed by atoms with van der Waals surface area (Å²) in [5.41, 5.74) is 1.77. The maximum absolute atomic E-state index is 13.0. The summed E-state index contributed by atoms with van der Waals surface area (Å²) in [5.74, 6) is -1.57. The van der Waals surface area contributed by atoms with Crippen molar-refractivity contribution in [3.8, 4) is 5.19 Å². The van der Waals surface area contributed by atoms with Gasteiger partial charge in [-0.1, -0.05) is 11.3 Å². The number of fused-ring (bicyclic) bond motifs is 1. The van der Waals surface area contributed by atoms with Gasteiger partial charge in [-0.2, -0.15) is 0 Å². The van der Waals surface area contributed by atoms with Crippen LogP contribution in [0.2, 0.25) is 0 Å². The first-order valence-corrected chi connectivity index (χ1v) is 13.0. The van der Waals surface area contributed by atoms with Crippen LogP contribution in [0.3, 0.4) is 0 Å². The molecule has 0 bridgehead atoms. The summed E-state index contributed by atoms with van der Waals surface area (Å²) in [6.45, 7) is 4.76. The topological polar surface area (TPSA) is 80.2 Å². The Balaban J connectivity index is 1.15. The number of thiazole rings is 1. The molecule has 0 aromatic carbocycles. The van der Waals surface area contributed by atoms with Crippen LogP contribution in [0.4, 0.5) is 8.78 Å². The first kappa shape index (κ1) is 25.6.